The average Bonchev–Trinajstić information content (AvgIpc) is 2.91. The molecule has 0 spiro atoms. The summed E-state index contributed by atoms with van der Waals surface area (Å²) in [5.74, 6) is 0.738. The number of ether oxygens (including phenoxy) is 2. The number of nitrogens with one attached hydrogen (secondary N) is 1. The molecule has 2 N–H and O–H groups in total. The van der Waals surface area contributed by atoms with Crippen molar-refractivity contribution in [2.75, 3.05) is 14.2 Å². The maximum absolute atomic E-state index is 11.2. The number of carboxylic acids is 1. The van der Waals surface area contributed by atoms with E-state index in [0.717, 1.165) is 33.2 Å². The third-order valence-electron chi connectivity index (χ3n) is 6.68. The molecule has 4 aromatic rings. The fraction of sp³-hybridized carbons (Fsp3) is 0.258. The van der Waals surface area contributed by atoms with E-state index in [1.807, 2.05) is 30.3 Å². The Morgan fingerprint density at radius 2 is 1.64 bits per heavy atom. The first-order valence-electron chi connectivity index (χ1n) is 12.2. The highest BCUT2D eigenvalue weighted by atomic mass is 16.5. The maximum Gasteiger partial charge on any atom is 0.303 e. The van der Waals surface area contributed by atoms with Gasteiger partial charge >= 0.3 is 5.97 Å². The zero-order valence-electron chi connectivity index (χ0n) is 21.2. The third-order valence-corrected chi connectivity index (χ3v) is 6.68. The van der Waals surface area contributed by atoms with Gasteiger partial charge in [-0.3, -0.25) is 4.79 Å². The van der Waals surface area contributed by atoms with E-state index in [0.29, 0.717) is 12.2 Å². The minimum absolute atomic E-state index is 0.0592. The van der Waals surface area contributed by atoms with Gasteiger partial charge in [0, 0.05) is 18.5 Å². The molecule has 4 rings (SSSR count). The zero-order valence-corrected chi connectivity index (χ0v) is 21.2. The van der Waals surface area contributed by atoms with Crippen LogP contribution < -0.4 is 14.8 Å². The summed E-state index contributed by atoms with van der Waals surface area (Å²) in [6, 6.07) is 27.2. The van der Waals surface area contributed by atoms with Crippen LogP contribution in [0.1, 0.15) is 49.0 Å². The number of methoxy groups -OCH3 is 2. The molecule has 0 bridgehead atoms. The Balaban J connectivity index is 1.71. The van der Waals surface area contributed by atoms with Crippen LogP contribution in [0.15, 0.2) is 78.9 Å². The molecule has 0 saturated heterocycles. The fourth-order valence-electron chi connectivity index (χ4n) is 4.68. The topological polar surface area (TPSA) is 67.8 Å². The largest absolute Gasteiger partial charge is 0.497 e. The van der Waals surface area contributed by atoms with E-state index in [9.17, 15) is 9.90 Å². The van der Waals surface area contributed by atoms with E-state index in [1.54, 1.807) is 14.2 Å². The molecular weight excluding hydrogens is 450 g/mol. The summed E-state index contributed by atoms with van der Waals surface area (Å²) in [5.41, 5.74) is 5.40. The van der Waals surface area contributed by atoms with Crippen LogP contribution in [0, 0.1) is 0 Å². The summed E-state index contributed by atoms with van der Waals surface area (Å²) in [7, 11) is 3.30. The van der Waals surface area contributed by atoms with Crippen molar-refractivity contribution >= 4 is 16.7 Å². The maximum atomic E-state index is 11.2. The standard InChI is InChI=1S/C31H33NO4/c1-20(22-9-7-10-27(18-22)35-3)32-21(2)26-17-23-8-5-6-11-28(23)29(19-26)24-12-14-30(36-4)25(16-24)13-15-31(33)34/h5-12,14,16-21,32H,13,15H2,1-4H3,(H,33,34)/t20-,21?/m1/s1. The van der Waals surface area contributed by atoms with Gasteiger partial charge in [-0.15, -0.1) is 0 Å². The summed E-state index contributed by atoms with van der Waals surface area (Å²) in [5, 5.41) is 15.2. The SMILES string of the molecule is COc1cccc([C@@H](C)NC(C)c2cc(-c3ccc(OC)c(CCC(=O)O)c3)c3ccccc3c2)c1. The van der Waals surface area contributed by atoms with Gasteiger partial charge < -0.3 is 19.9 Å². The Hall–Kier alpha value is -3.83. The molecule has 0 aliphatic heterocycles. The fourth-order valence-corrected chi connectivity index (χ4v) is 4.68. The lowest BCUT2D eigenvalue weighted by Gasteiger charge is -2.23. The van der Waals surface area contributed by atoms with Gasteiger partial charge in [-0.05, 0) is 95.3 Å². The summed E-state index contributed by atoms with van der Waals surface area (Å²) in [4.78, 5) is 11.2. The van der Waals surface area contributed by atoms with Crippen LogP contribution in [0.5, 0.6) is 11.5 Å². The van der Waals surface area contributed by atoms with E-state index in [4.69, 9.17) is 9.47 Å². The van der Waals surface area contributed by atoms with Crippen molar-refractivity contribution in [1.29, 1.82) is 0 Å². The molecule has 4 aromatic carbocycles. The number of hydrogen-bond acceptors (Lipinski definition) is 4. The van der Waals surface area contributed by atoms with Gasteiger partial charge in [0.1, 0.15) is 11.5 Å². The van der Waals surface area contributed by atoms with E-state index in [1.165, 1.54) is 11.1 Å². The van der Waals surface area contributed by atoms with Gasteiger partial charge in [-0.25, -0.2) is 0 Å². The van der Waals surface area contributed by atoms with Crippen molar-refractivity contribution in [2.24, 2.45) is 0 Å². The quantitative estimate of drug-likeness (QED) is 0.255. The molecule has 186 valence electrons. The van der Waals surface area contributed by atoms with Gasteiger partial charge in [-0.2, -0.15) is 0 Å². The molecule has 0 aliphatic carbocycles. The number of carbonyl (C=O) groups is 1. The number of aryl methyl sites for hydroxylation is 1. The molecule has 2 atom stereocenters. The molecule has 0 fully saturated rings. The highest BCUT2D eigenvalue weighted by Crippen LogP contribution is 2.35. The van der Waals surface area contributed by atoms with Crippen molar-refractivity contribution in [2.45, 2.75) is 38.8 Å². The molecule has 5 heteroatoms. The second-order valence-electron chi connectivity index (χ2n) is 9.10. The highest BCUT2D eigenvalue weighted by Gasteiger charge is 2.16. The molecule has 36 heavy (non-hydrogen) atoms. The molecule has 0 saturated carbocycles. The van der Waals surface area contributed by atoms with Crippen LogP contribution >= 0.6 is 0 Å². The number of benzene rings is 4. The van der Waals surface area contributed by atoms with Crippen molar-refractivity contribution in [1.82, 2.24) is 5.32 Å². The molecule has 0 aromatic heterocycles. The smallest absolute Gasteiger partial charge is 0.303 e. The van der Waals surface area contributed by atoms with Crippen molar-refractivity contribution in [3.63, 3.8) is 0 Å². The van der Waals surface area contributed by atoms with Crippen LogP contribution in [0.3, 0.4) is 0 Å². The highest BCUT2D eigenvalue weighted by molar-refractivity contribution is 5.97. The Morgan fingerprint density at radius 3 is 2.39 bits per heavy atom. The number of aliphatic carboxylic acids is 1. The average molecular weight is 484 g/mol. The van der Waals surface area contributed by atoms with Crippen LogP contribution in [0.25, 0.3) is 21.9 Å². The van der Waals surface area contributed by atoms with Gasteiger partial charge in [0.05, 0.1) is 14.2 Å². The monoisotopic (exact) mass is 483 g/mol. The van der Waals surface area contributed by atoms with E-state index in [2.05, 4.69) is 67.7 Å². The molecular formula is C31H33NO4. The van der Waals surface area contributed by atoms with Gasteiger partial charge in [0.2, 0.25) is 0 Å². The Kier molecular flexibility index (Phi) is 7.91. The molecule has 0 amide bonds. The first kappa shape index (κ1) is 25.3. The summed E-state index contributed by atoms with van der Waals surface area (Å²) in [6.07, 6.45) is 0.476. The lowest BCUT2D eigenvalue weighted by Crippen LogP contribution is -2.22. The molecule has 0 aliphatic rings. The van der Waals surface area contributed by atoms with Gasteiger partial charge in [0.25, 0.3) is 0 Å². The summed E-state index contributed by atoms with van der Waals surface area (Å²) in [6.45, 7) is 4.34. The van der Waals surface area contributed by atoms with Gasteiger partial charge in [0.15, 0.2) is 0 Å². The van der Waals surface area contributed by atoms with Gasteiger partial charge in [-0.1, -0.05) is 42.5 Å². The summed E-state index contributed by atoms with van der Waals surface area (Å²) >= 11 is 0. The molecule has 0 radical (unpaired) electrons. The zero-order chi connectivity index (χ0) is 25.7. The van der Waals surface area contributed by atoms with Crippen molar-refractivity contribution in [3.05, 3.63) is 95.6 Å². The second kappa shape index (κ2) is 11.3. The van der Waals surface area contributed by atoms with Crippen molar-refractivity contribution in [3.8, 4) is 22.6 Å². The van der Waals surface area contributed by atoms with E-state index in [-0.39, 0.29) is 18.5 Å². The minimum atomic E-state index is -0.819. The Bertz CT molecular complexity index is 1360. The predicted octanol–water partition coefficient (Wildman–Crippen LogP) is 6.95. The van der Waals surface area contributed by atoms with Crippen LogP contribution in [-0.4, -0.2) is 25.3 Å². The van der Waals surface area contributed by atoms with Crippen molar-refractivity contribution < 1.29 is 19.4 Å². The molecule has 1 unspecified atom stereocenters. The Morgan fingerprint density at radius 1 is 0.861 bits per heavy atom. The number of fused-ring (bicyclic) bond motifs is 1. The number of carboxylic acid groups (broad SMARTS) is 1. The summed E-state index contributed by atoms with van der Waals surface area (Å²) < 4.78 is 10.9. The molecule has 5 nitrogen and oxygen atoms in total. The van der Waals surface area contributed by atoms with E-state index < -0.39 is 5.97 Å². The molecule has 0 heterocycles. The number of hydrogen-bond donors (Lipinski definition) is 2. The van der Waals surface area contributed by atoms with Crippen LogP contribution in [0.2, 0.25) is 0 Å². The lowest BCUT2D eigenvalue weighted by atomic mass is 9.91. The van der Waals surface area contributed by atoms with E-state index >= 15 is 0 Å². The predicted molar refractivity (Wildman–Crippen MR) is 145 cm³/mol. The second-order valence-corrected chi connectivity index (χ2v) is 9.10. The lowest BCUT2D eigenvalue weighted by molar-refractivity contribution is -0.136. The normalized spacial score (nSPS) is 12.8. The third kappa shape index (κ3) is 5.69. The minimum Gasteiger partial charge on any atom is -0.497 e. The Labute approximate surface area is 212 Å². The number of rotatable bonds is 10. The van der Waals surface area contributed by atoms with Crippen LogP contribution in [-0.2, 0) is 11.2 Å². The first-order valence-corrected chi connectivity index (χ1v) is 12.2. The van der Waals surface area contributed by atoms with Crippen LogP contribution in [0.4, 0.5) is 0 Å². The first-order chi connectivity index (χ1) is 17.4.